The van der Waals surface area contributed by atoms with Gasteiger partial charge in [-0.25, -0.2) is 0 Å². The van der Waals surface area contributed by atoms with Gasteiger partial charge in [0.2, 0.25) is 5.91 Å². The minimum atomic E-state index is -1.11. The maximum Gasteiger partial charge on any atom is 0.271 e. The van der Waals surface area contributed by atoms with Gasteiger partial charge in [-0.2, -0.15) is 0 Å². The number of aryl methyl sites for hydroxylation is 1. The molecule has 0 radical (unpaired) electrons. The largest absolute Gasteiger partial charge is 0.476 e. The first-order valence-corrected chi connectivity index (χ1v) is 10.6. The molecule has 162 valence electrons. The Morgan fingerprint density at radius 1 is 1.06 bits per heavy atom. The number of likely N-dealkylation sites (tertiary alicyclic amines) is 1. The van der Waals surface area contributed by atoms with Crippen LogP contribution in [-0.2, 0) is 9.59 Å². The summed E-state index contributed by atoms with van der Waals surface area (Å²) in [5.74, 6) is -0.241. The summed E-state index contributed by atoms with van der Waals surface area (Å²) in [4.78, 5) is 41.9. The van der Waals surface area contributed by atoms with Gasteiger partial charge in [-0.3, -0.25) is 19.3 Å². The lowest BCUT2D eigenvalue weighted by atomic mass is 10.0. The first-order chi connectivity index (χ1) is 14.7. The molecule has 3 amide bonds. The van der Waals surface area contributed by atoms with Crippen LogP contribution in [0.4, 0.5) is 11.4 Å². The van der Waals surface area contributed by atoms with Crippen molar-refractivity contribution in [2.75, 3.05) is 29.9 Å². The monoisotopic (exact) mass is 421 g/mol. The van der Waals surface area contributed by atoms with Crippen molar-refractivity contribution < 1.29 is 19.1 Å². The molecule has 7 heteroatoms. The van der Waals surface area contributed by atoms with E-state index in [1.54, 1.807) is 32.0 Å². The summed E-state index contributed by atoms with van der Waals surface area (Å²) < 4.78 is 5.89. The number of fused-ring (bicyclic) bond motifs is 1. The number of amides is 3. The van der Waals surface area contributed by atoms with Crippen LogP contribution in [-0.4, -0.2) is 47.9 Å². The van der Waals surface area contributed by atoms with E-state index in [0.717, 1.165) is 31.5 Å². The minimum Gasteiger partial charge on any atom is -0.476 e. The fraction of sp³-hybridized carbons (Fsp3) is 0.375. The number of ether oxygens (including phenoxy) is 1. The van der Waals surface area contributed by atoms with Crippen molar-refractivity contribution in [3.63, 3.8) is 0 Å². The molecule has 31 heavy (non-hydrogen) atoms. The Morgan fingerprint density at radius 3 is 2.42 bits per heavy atom. The number of nitrogens with zero attached hydrogens (tertiary/aromatic N) is 2. The SMILES string of the molecule is Cc1ccc(NC(=O)CN2C(=O)C(C)(C)Oc3ccc(C(=O)N4CCCC4)cc32)cc1. The molecular formula is C24H27N3O4. The molecule has 0 bridgehead atoms. The Kier molecular flexibility index (Phi) is 5.43. The van der Waals surface area contributed by atoms with Crippen LogP contribution < -0.4 is 15.0 Å². The molecule has 1 fully saturated rings. The lowest BCUT2D eigenvalue weighted by molar-refractivity contribution is -0.133. The smallest absolute Gasteiger partial charge is 0.271 e. The van der Waals surface area contributed by atoms with E-state index in [4.69, 9.17) is 4.74 Å². The van der Waals surface area contributed by atoms with Crippen molar-refractivity contribution in [1.29, 1.82) is 0 Å². The Labute approximate surface area is 182 Å². The average Bonchev–Trinajstić information content (AvgIpc) is 3.27. The number of hydrogen-bond acceptors (Lipinski definition) is 4. The molecule has 0 aliphatic carbocycles. The maximum atomic E-state index is 13.1. The second kappa shape index (κ2) is 8.06. The number of hydrogen-bond donors (Lipinski definition) is 1. The lowest BCUT2D eigenvalue weighted by Crippen LogP contribution is -2.54. The molecule has 1 saturated heterocycles. The zero-order valence-corrected chi connectivity index (χ0v) is 18.1. The van der Waals surface area contributed by atoms with Crippen molar-refractivity contribution >= 4 is 29.1 Å². The number of anilines is 2. The van der Waals surface area contributed by atoms with Crippen LogP contribution in [0.25, 0.3) is 0 Å². The summed E-state index contributed by atoms with van der Waals surface area (Å²) in [6.07, 6.45) is 2.00. The summed E-state index contributed by atoms with van der Waals surface area (Å²) >= 11 is 0. The Bertz CT molecular complexity index is 1020. The van der Waals surface area contributed by atoms with Gasteiger partial charge in [0.1, 0.15) is 12.3 Å². The predicted octanol–water partition coefficient (Wildman–Crippen LogP) is 3.37. The highest BCUT2D eigenvalue weighted by Gasteiger charge is 2.42. The van der Waals surface area contributed by atoms with E-state index in [9.17, 15) is 14.4 Å². The van der Waals surface area contributed by atoms with E-state index in [1.165, 1.54) is 4.90 Å². The molecule has 2 aliphatic rings. The second-order valence-electron chi connectivity index (χ2n) is 8.60. The molecule has 7 nitrogen and oxygen atoms in total. The highest BCUT2D eigenvalue weighted by atomic mass is 16.5. The molecule has 0 aromatic heterocycles. The highest BCUT2D eigenvalue weighted by Crippen LogP contribution is 2.38. The van der Waals surface area contributed by atoms with Crippen molar-refractivity contribution in [3.05, 3.63) is 53.6 Å². The lowest BCUT2D eigenvalue weighted by Gasteiger charge is -2.38. The Balaban J connectivity index is 1.61. The molecule has 0 unspecified atom stereocenters. The minimum absolute atomic E-state index is 0.0679. The van der Waals surface area contributed by atoms with Gasteiger partial charge in [-0.05, 0) is 63.9 Å². The van der Waals surface area contributed by atoms with Gasteiger partial charge in [-0.15, -0.1) is 0 Å². The number of carbonyl (C=O) groups is 3. The summed E-state index contributed by atoms with van der Waals surface area (Å²) in [5.41, 5.74) is 1.56. The molecule has 1 N–H and O–H groups in total. The summed E-state index contributed by atoms with van der Waals surface area (Å²) in [6.45, 7) is 6.62. The van der Waals surface area contributed by atoms with Gasteiger partial charge in [0, 0.05) is 24.3 Å². The summed E-state index contributed by atoms with van der Waals surface area (Å²) in [7, 11) is 0. The zero-order chi connectivity index (χ0) is 22.2. The van der Waals surface area contributed by atoms with Crippen molar-refractivity contribution in [1.82, 2.24) is 4.90 Å². The third-order valence-electron chi connectivity index (χ3n) is 5.65. The van der Waals surface area contributed by atoms with Gasteiger partial charge in [-0.1, -0.05) is 17.7 Å². The number of benzene rings is 2. The predicted molar refractivity (Wildman–Crippen MR) is 118 cm³/mol. The van der Waals surface area contributed by atoms with E-state index in [0.29, 0.717) is 22.7 Å². The fourth-order valence-corrected chi connectivity index (χ4v) is 3.94. The molecule has 2 aromatic carbocycles. The average molecular weight is 421 g/mol. The fourth-order valence-electron chi connectivity index (χ4n) is 3.94. The van der Waals surface area contributed by atoms with Crippen LogP contribution in [0.3, 0.4) is 0 Å². The van der Waals surface area contributed by atoms with Gasteiger partial charge in [0.05, 0.1) is 5.69 Å². The van der Waals surface area contributed by atoms with Crippen LogP contribution in [0, 0.1) is 6.92 Å². The number of rotatable bonds is 4. The zero-order valence-electron chi connectivity index (χ0n) is 18.1. The van der Waals surface area contributed by atoms with Crippen molar-refractivity contribution in [2.45, 2.75) is 39.2 Å². The van der Waals surface area contributed by atoms with Gasteiger partial charge in [0.15, 0.2) is 5.60 Å². The van der Waals surface area contributed by atoms with E-state index in [-0.39, 0.29) is 24.3 Å². The summed E-state index contributed by atoms with van der Waals surface area (Å²) in [6, 6.07) is 12.5. The molecule has 2 aliphatic heterocycles. The number of nitrogens with one attached hydrogen (secondary N) is 1. The summed E-state index contributed by atoms with van der Waals surface area (Å²) in [5, 5.41) is 2.83. The highest BCUT2D eigenvalue weighted by molar-refractivity contribution is 6.08. The molecule has 0 atom stereocenters. The Hall–Kier alpha value is -3.35. The third kappa shape index (κ3) is 4.26. The van der Waals surface area contributed by atoms with Crippen LogP contribution >= 0.6 is 0 Å². The Morgan fingerprint density at radius 2 is 1.74 bits per heavy atom. The van der Waals surface area contributed by atoms with Crippen LogP contribution in [0.2, 0.25) is 0 Å². The molecule has 4 rings (SSSR count). The topological polar surface area (TPSA) is 79.0 Å². The van der Waals surface area contributed by atoms with E-state index < -0.39 is 5.60 Å². The first-order valence-electron chi connectivity index (χ1n) is 10.6. The van der Waals surface area contributed by atoms with E-state index >= 15 is 0 Å². The normalized spacial score (nSPS) is 17.2. The second-order valence-corrected chi connectivity index (χ2v) is 8.60. The van der Waals surface area contributed by atoms with Crippen LogP contribution in [0.15, 0.2) is 42.5 Å². The molecule has 0 saturated carbocycles. The molecular weight excluding hydrogens is 394 g/mol. The van der Waals surface area contributed by atoms with Gasteiger partial charge < -0.3 is 15.0 Å². The van der Waals surface area contributed by atoms with Gasteiger partial charge >= 0.3 is 0 Å². The first kappa shape index (κ1) is 20.9. The van der Waals surface area contributed by atoms with Crippen molar-refractivity contribution in [3.8, 4) is 5.75 Å². The third-order valence-corrected chi connectivity index (χ3v) is 5.65. The molecule has 2 heterocycles. The standard InChI is InChI=1S/C24H27N3O4/c1-16-6-9-18(10-7-16)25-21(28)15-27-19-14-17(22(29)26-12-4-5-13-26)8-11-20(19)31-24(2,3)23(27)30/h6-11,14H,4-5,12-13,15H2,1-3H3,(H,25,28). The number of carbonyl (C=O) groups excluding carboxylic acids is 3. The van der Waals surface area contributed by atoms with Crippen LogP contribution in [0.1, 0.15) is 42.6 Å². The van der Waals surface area contributed by atoms with Gasteiger partial charge in [0.25, 0.3) is 11.8 Å². The molecule has 0 spiro atoms. The van der Waals surface area contributed by atoms with Crippen LogP contribution in [0.5, 0.6) is 5.75 Å². The van der Waals surface area contributed by atoms with E-state index in [1.807, 2.05) is 36.1 Å². The quantitative estimate of drug-likeness (QED) is 0.821. The van der Waals surface area contributed by atoms with Crippen molar-refractivity contribution in [2.24, 2.45) is 0 Å². The van der Waals surface area contributed by atoms with E-state index in [2.05, 4.69) is 5.32 Å². The maximum absolute atomic E-state index is 13.1. The molecule has 2 aromatic rings.